The van der Waals surface area contributed by atoms with Crippen LogP contribution in [-0.2, 0) is 22.4 Å². The normalized spacial score (nSPS) is 22.0. The summed E-state index contributed by atoms with van der Waals surface area (Å²) in [5.74, 6) is 0. The number of hydrogen-bond donors (Lipinski definition) is 1. The van der Waals surface area contributed by atoms with Gasteiger partial charge in [0.1, 0.15) is 6.10 Å². The smallest absolute Gasteiger partial charge is 0.101 e. The Morgan fingerprint density at radius 3 is 2.92 bits per heavy atom. The summed E-state index contributed by atoms with van der Waals surface area (Å²) in [5.41, 5.74) is 2.49. The van der Waals surface area contributed by atoms with E-state index in [2.05, 4.69) is 53.9 Å². The van der Waals surface area contributed by atoms with Gasteiger partial charge in [-0.25, -0.2) is 0 Å². The summed E-state index contributed by atoms with van der Waals surface area (Å²) in [4.78, 5) is 0. The maximum atomic E-state index is 6.11. The number of hydrogen-bond acceptors (Lipinski definition) is 4. The summed E-state index contributed by atoms with van der Waals surface area (Å²) in [6, 6.07) is 11.1. The van der Waals surface area contributed by atoms with Gasteiger partial charge in [-0.1, -0.05) is 30.3 Å². The van der Waals surface area contributed by atoms with Crippen molar-refractivity contribution in [2.75, 3.05) is 20.3 Å². The number of rotatable bonds is 8. The first-order valence-corrected chi connectivity index (χ1v) is 9.23. The molecule has 0 bridgehead atoms. The Morgan fingerprint density at radius 2 is 2.20 bits per heavy atom. The molecule has 1 saturated heterocycles. The molecule has 3 rings (SSSR count). The molecule has 1 aromatic heterocycles. The third kappa shape index (κ3) is 4.91. The monoisotopic (exact) mass is 343 g/mol. The molecular formula is C20H29N3O2. The standard InChI is InChI=1S/C20H29N3O2/c1-3-23-14-17(13-21-23)20-19(10-7-11-25-20)22-18(15-24-2)12-16-8-5-4-6-9-16/h4-6,8-9,13-14,18-20,22H,3,7,10-12,15H2,1-2H3/t18-,19+,20-/m1/s1. The Kier molecular flexibility index (Phi) is 6.62. The second-order valence-electron chi connectivity index (χ2n) is 6.68. The third-order valence-electron chi connectivity index (χ3n) is 4.77. The van der Waals surface area contributed by atoms with Crippen LogP contribution in [0.15, 0.2) is 42.7 Å². The number of aromatic nitrogens is 2. The fraction of sp³-hybridized carbons (Fsp3) is 0.550. The summed E-state index contributed by atoms with van der Waals surface area (Å²) in [5, 5.41) is 8.21. The van der Waals surface area contributed by atoms with E-state index in [0.29, 0.717) is 6.61 Å². The van der Waals surface area contributed by atoms with E-state index in [1.54, 1.807) is 7.11 Å². The summed E-state index contributed by atoms with van der Waals surface area (Å²) >= 11 is 0. The van der Waals surface area contributed by atoms with Crippen LogP contribution in [0, 0.1) is 0 Å². The average Bonchev–Trinajstić information content (AvgIpc) is 3.12. The molecule has 0 aliphatic carbocycles. The molecule has 3 atom stereocenters. The van der Waals surface area contributed by atoms with Gasteiger partial charge in [0, 0.05) is 44.1 Å². The van der Waals surface area contributed by atoms with Crippen LogP contribution < -0.4 is 5.32 Å². The Labute approximate surface area is 150 Å². The molecule has 5 nitrogen and oxygen atoms in total. The molecule has 1 fully saturated rings. The predicted molar refractivity (Wildman–Crippen MR) is 98.6 cm³/mol. The van der Waals surface area contributed by atoms with Gasteiger partial charge in [0.15, 0.2) is 0 Å². The van der Waals surface area contributed by atoms with Crippen LogP contribution in [0.4, 0.5) is 0 Å². The second kappa shape index (κ2) is 9.13. The fourth-order valence-electron chi connectivity index (χ4n) is 3.55. The van der Waals surface area contributed by atoms with Crippen LogP contribution in [0.2, 0.25) is 0 Å². The number of nitrogens with zero attached hydrogens (tertiary/aromatic N) is 2. The first-order chi connectivity index (χ1) is 12.3. The Balaban J connectivity index is 1.69. The highest BCUT2D eigenvalue weighted by Gasteiger charge is 2.30. The quantitative estimate of drug-likeness (QED) is 0.800. The SMILES string of the molecule is CCn1cc([C@H]2OCCC[C@@H]2N[C@@H](COC)Cc2ccccc2)cn1. The number of ether oxygens (including phenoxy) is 2. The molecule has 2 heterocycles. The largest absolute Gasteiger partial charge is 0.383 e. The summed E-state index contributed by atoms with van der Waals surface area (Å²) in [7, 11) is 1.76. The lowest BCUT2D eigenvalue weighted by molar-refractivity contribution is -0.0168. The molecule has 0 amide bonds. The Hall–Kier alpha value is -1.69. The molecule has 0 unspecified atom stereocenters. The van der Waals surface area contributed by atoms with Crippen LogP contribution >= 0.6 is 0 Å². The van der Waals surface area contributed by atoms with Crippen molar-refractivity contribution >= 4 is 0 Å². The van der Waals surface area contributed by atoms with Crippen LogP contribution in [-0.4, -0.2) is 42.2 Å². The Morgan fingerprint density at radius 1 is 1.36 bits per heavy atom. The van der Waals surface area contributed by atoms with Crippen LogP contribution in [0.3, 0.4) is 0 Å². The zero-order valence-electron chi connectivity index (χ0n) is 15.2. The van der Waals surface area contributed by atoms with E-state index in [0.717, 1.165) is 38.0 Å². The van der Waals surface area contributed by atoms with E-state index in [1.807, 2.05) is 10.9 Å². The van der Waals surface area contributed by atoms with Gasteiger partial charge in [-0.2, -0.15) is 5.10 Å². The lowest BCUT2D eigenvalue weighted by Gasteiger charge is -2.35. The maximum Gasteiger partial charge on any atom is 0.101 e. The fourth-order valence-corrected chi connectivity index (χ4v) is 3.55. The van der Waals surface area contributed by atoms with Gasteiger partial charge in [0.25, 0.3) is 0 Å². The second-order valence-corrected chi connectivity index (χ2v) is 6.68. The van der Waals surface area contributed by atoms with E-state index in [4.69, 9.17) is 9.47 Å². The van der Waals surface area contributed by atoms with E-state index in [-0.39, 0.29) is 18.2 Å². The van der Waals surface area contributed by atoms with Gasteiger partial charge in [0.05, 0.1) is 12.8 Å². The zero-order valence-corrected chi connectivity index (χ0v) is 15.2. The van der Waals surface area contributed by atoms with Gasteiger partial charge in [0.2, 0.25) is 0 Å². The lowest BCUT2D eigenvalue weighted by atomic mass is 9.96. The average molecular weight is 343 g/mol. The number of nitrogens with one attached hydrogen (secondary N) is 1. The molecule has 0 radical (unpaired) electrons. The van der Waals surface area contributed by atoms with Crippen molar-refractivity contribution in [1.29, 1.82) is 0 Å². The highest BCUT2D eigenvalue weighted by molar-refractivity contribution is 5.17. The zero-order chi connectivity index (χ0) is 17.5. The topological polar surface area (TPSA) is 48.3 Å². The minimum Gasteiger partial charge on any atom is -0.383 e. The molecular weight excluding hydrogens is 314 g/mol. The highest BCUT2D eigenvalue weighted by atomic mass is 16.5. The molecule has 2 aromatic rings. The third-order valence-corrected chi connectivity index (χ3v) is 4.77. The molecule has 1 aliphatic heterocycles. The van der Waals surface area contributed by atoms with E-state index >= 15 is 0 Å². The minimum atomic E-state index is 0.0594. The van der Waals surface area contributed by atoms with Gasteiger partial charge in [-0.3, -0.25) is 4.68 Å². The Bertz CT molecular complexity index is 629. The summed E-state index contributed by atoms with van der Waals surface area (Å²) in [6.45, 7) is 4.48. The van der Waals surface area contributed by atoms with Gasteiger partial charge in [-0.15, -0.1) is 0 Å². The van der Waals surface area contributed by atoms with Crippen molar-refractivity contribution in [2.24, 2.45) is 0 Å². The summed E-state index contributed by atoms with van der Waals surface area (Å²) in [6.07, 6.45) is 7.25. The number of aryl methyl sites for hydroxylation is 1. The van der Waals surface area contributed by atoms with E-state index in [9.17, 15) is 0 Å². The molecule has 0 saturated carbocycles. The lowest BCUT2D eigenvalue weighted by Crippen LogP contribution is -2.47. The molecule has 1 N–H and O–H groups in total. The molecule has 1 aliphatic rings. The summed E-state index contributed by atoms with van der Waals surface area (Å²) < 4.78 is 13.5. The van der Waals surface area contributed by atoms with Crippen LogP contribution in [0.1, 0.15) is 37.0 Å². The molecule has 5 heteroatoms. The first-order valence-electron chi connectivity index (χ1n) is 9.23. The van der Waals surface area contributed by atoms with Crippen LogP contribution in [0.25, 0.3) is 0 Å². The predicted octanol–water partition coefficient (Wildman–Crippen LogP) is 2.97. The maximum absolute atomic E-state index is 6.11. The number of methoxy groups -OCH3 is 1. The highest BCUT2D eigenvalue weighted by Crippen LogP contribution is 2.28. The molecule has 0 spiro atoms. The van der Waals surface area contributed by atoms with Gasteiger partial charge in [-0.05, 0) is 31.7 Å². The van der Waals surface area contributed by atoms with Crippen molar-refractivity contribution in [3.63, 3.8) is 0 Å². The molecule has 1 aromatic carbocycles. The van der Waals surface area contributed by atoms with Crippen molar-refractivity contribution in [2.45, 2.75) is 50.9 Å². The minimum absolute atomic E-state index is 0.0594. The van der Waals surface area contributed by atoms with E-state index < -0.39 is 0 Å². The first kappa shape index (κ1) is 18.1. The van der Waals surface area contributed by atoms with Crippen molar-refractivity contribution in [3.05, 3.63) is 53.9 Å². The van der Waals surface area contributed by atoms with Crippen molar-refractivity contribution in [3.8, 4) is 0 Å². The van der Waals surface area contributed by atoms with Gasteiger partial charge < -0.3 is 14.8 Å². The number of benzene rings is 1. The van der Waals surface area contributed by atoms with E-state index in [1.165, 1.54) is 5.56 Å². The van der Waals surface area contributed by atoms with Crippen LogP contribution in [0.5, 0.6) is 0 Å². The molecule has 25 heavy (non-hydrogen) atoms. The van der Waals surface area contributed by atoms with Crippen molar-refractivity contribution in [1.82, 2.24) is 15.1 Å². The van der Waals surface area contributed by atoms with Crippen molar-refractivity contribution < 1.29 is 9.47 Å². The van der Waals surface area contributed by atoms with Gasteiger partial charge >= 0.3 is 0 Å². The molecule has 136 valence electrons.